The van der Waals surface area contributed by atoms with Crippen molar-refractivity contribution in [2.24, 2.45) is 5.92 Å². The number of carbonyl (C=O) groups is 2. The molecule has 2 heterocycles. The molecule has 5 heteroatoms. The normalized spacial score (nSPS) is 26.9. The summed E-state index contributed by atoms with van der Waals surface area (Å²) in [5, 5.41) is 6.93. The largest absolute Gasteiger partial charge is 0.356 e. The summed E-state index contributed by atoms with van der Waals surface area (Å²) >= 11 is 1.55. The van der Waals surface area contributed by atoms with Gasteiger partial charge in [0.25, 0.3) is 5.91 Å². The molecule has 4 nitrogen and oxygen atoms in total. The van der Waals surface area contributed by atoms with E-state index >= 15 is 0 Å². The molecule has 1 N–H and O–H groups in total. The van der Waals surface area contributed by atoms with Gasteiger partial charge in [0.05, 0.1) is 11.5 Å². The van der Waals surface area contributed by atoms with Crippen LogP contribution in [-0.4, -0.2) is 35.8 Å². The fourth-order valence-electron chi connectivity index (χ4n) is 3.69. The maximum Gasteiger partial charge on any atom is 0.254 e. The van der Waals surface area contributed by atoms with E-state index in [0.29, 0.717) is 0 Å². The van der Waals surface area contributed by atoms with Gasteiger partial charge < -0.3 is 10.2 Å². The predicted molar refractivity (Wildman–Crippen MR) is 88.0 cm³/mol. The van der Waals surface area contributed by atoms with Gasteiger partial charge in [0.15, 0.2) is 0 Å². The highest BCUT2D eigenvalue weighted by atomic mass is 32.1. The van der Waals surface area contributed by atoms with E-state index in [-0.39, 0.29) is 23.8 Å². The van der Waals surface area contributed by atoms with Crippen LogP contribution in [0.2, 0.25) is 0 Å². The molecular weight excluding hydrogens is 296 g/mol. The second-order valence-electron chi connectivity index (χ2n) is 6.32. The molecule has 2 unspecified atom stereocenters. The summed E-state index contributed by atoms with van der Waals surface area (Å²) in [4.78, 5) is 27.3. The zero-order valence-corrected chi connectivity index (χ0v) is 13.7. The highest BCUT2D eigenvalue weighted by Crippen LogP contribution is 2.32. The average molecular weight is 320 g/mol. The van der Waals surface area contributed by atoms with Crippen LogP contribution in [0.3, 0.4) is 0 Å². The smallest absolute Gasteiger partial charge is 0.254 e. The van der Waals surface area contributed by atoms with Gasteiger partial charge in [0.2, 0.25) is 5.91 Å². The number of fused-ring (bicyclic) bond motifs is 1. The Morgan fingerprint density at radius 3 is 2.86 bits per heavy atom. The second-order valence-corrected chi connectivity index (χ2v) is 7.10. The topological polar surface area (TPSA) is 49.4 Å². The molecule has 22 heavy (non-hydrogen) atoms. The third-order valence-corrected chi connectivity index (χ3v) is 5.55. The predicted octanol–water partition coefficient (Wildman–Crippen LogP) is 3.05. The zero-order valence-electron chi connectivity index (χ0n) is 12.9. The van der Waals surface area contributed by atoms with Crippen molar-refractivity contribution in [2.45, 2.75) is 51.0 Å². The monoisotopic (exact) mass is 320 g/mol. The SMILES string of the molecule is O=C1NCCCCCCN(C(=O)c2ccsc2)C2CCCC12. The molecule has 1 saturated carbocycles. The van der Waals surface area contributed by atoms with Crippen LogP contribution in [0.15, 0.2) is 16.8 Å². The lowest BCUT2D eigenvalue weighted by atomic mass is 10.00. The molecule has 0 spiro atoms. The Hall–Kier alpha value is -1.36. The minimum Gasteiger partial charge on any atom is -0.356 e. The molecule has 2 atom stereocenters. The Labute approximate surface area is 135 Å². The standard InChI is InChI=1S/C17H24N2O2S/c20-16-14-6-5-7-15(14)19(10-4-2-1-3-9-18-16)17(21)13-8-11-22-12-13/h8,11-12,14-15H,1-7,9-10H2,(H,18,20). The van der Waals surface area contributed by atoms with Gasteiger partial charge in [-0.25, -0.2) is 0 Å². The van der Waals surface area contributed by atoms with E-state index in [2.05, 4.69) is 5.32 Å². The van der Waals surface area contributed by atoms with Gasteiger partial charge in [0, 0.05) is 24.5 Å². The van der Waals surface area contributed by atoms with Crippen LogP contribution < -0.4 is 5.32 Å². The van der Waals surface area contributed by atoms with E-state index in [0.717, 1.165) is 63.6 Å². The Balaban J connectivity index is 1.82. The maximum atomic E-state index is 12.9. The highest BCUT2D eigenvalue weighted by Gasteiger charge is 2.38. The average Bonchev–Trinajstić information content (AvgIpc) is 3.19. The first-order chi connectivity index (χ1) is 10.8. The summed E-state index contributed by atoms with van der Waals surface area (Å²) in [6, 6.07) is 1.97. The number of hydrogen-bond acceptors (Lipinski definition) is 3. The van der Waals surface area contributed by atoms with Crippen molar-refractivity contribution < 1.29 is 9.59 Å². The van der Waals surface area contributed by atoms with Crippen molar-refractivity contribution in [3.8, 4) is 0 Å². The molecule has 120 valence electrons. The van der Waals surface area contributed by atoms with Crippen LogP contribution in [0, 0.1) is 5.92 Å². The van der Waals surface area contributed by atoms with Gasteiger partial charge >= 0.3 is 0 Å². The van der Waals surface area contributed by atoms with Crippen LogP contribution in [0.25, 0.3) is 0 Å². The molecule has 2 amide bonds. The van der Waals surface area contributed by atoms with E-state index in [1.807, 2.05) is 21.7 Å². The quantitative estimate of drug-likeness (QED) is 0.864. The summed E-state index contributed by atoms with van der Waals surface area (Å²) in [6.07, 6.45) is 7.22. The van der Waals surface area contributed by atoms with Crippen LogP contribution in [-0.2, 0) is 4.79 Å². The van der Waals surface area contributed by atoms with E-state index < -0.39 is 0 Å². The Morgan fingerprint density at radius 2 is 2.05 bits per heavy atom. The third kappa shape index (κ3) is 3.35. The third-order valence-electron chi connectivity index (χ3n) is 4.87. The lowest BCUT2D eigenvalue weighted by Crippen LogP contribution is -2.47. The van der Waals surface area contributed by atoms with Crippen molar-refractivity contribution in [1.82, 2.24) is 10.2 Å². The molecule has 2 fully saturated rings. The zero-order chi connectivity index (χ0) is 15.4. The molecule has 0 aromatic carbocycles. The molecule has 0 radical (unpaired) electrons. The Morgan fingerprint density at radius 1 is 1.18 bits per heavy atom. The Bertz CT molecular complexity index is 515. The van der Waals surface area contributed by atoms with E-state index in [1.165, 1.54) is 0 Å². The van der Waals surface area contributed by atoms with Crippen molar-refractivity contribution in [2.75, 3.05) is 13.1 Å². The van der Waals surface area contributed by atoms with Crippen LogP contribution in [0.5, 0.6) is 0 Å². The molecule has 1 aromatic heterocycles. The van der Waals surface area contributed by atoms with Crippen molar-refractivity contribution >= 4 is 23.2 Å². The summed E-state index contributed by atoms with van der Waals surface area (Å²) in [6.45, 7) is 1.56. The van der Waals surface area contributed by atoms with E-state index in [1.54, 1.807) is 11.3 Å². The van der Waals surface area contributed by atoms with Gasteiger partial charge in [-0.05, 0) is 37.1 Å². The molecule has 1 saturated heterocycles. The van der Waals surface area contributed by atoms with Gasteiger partial charge in [-0.15, -0.1) is 0 Å². The highest BCUT2D eigenvalue weighted by molar-refractivity contribution is 7.08. The van der Waals surface area contributed by atoms with Gasteiger partial charge in [-0.2, -0.15) is 11.3 Å². The number of nitrogens with one attached hydrogen (secondary N) is 1. The molecule has 1 aromatic rings. The number of hydrogen-bond donors (Lipinski definition) is 1. The number of amides is 2. The minimum absolute atomic E-state index is 0.0271. The molecule has 3 rings (SSSR count). The molecule has 1 aliphatic carbocycles. The Kier molecular flexibility index (Phi) is 5.13. The second kappa shape index (κ2) is 7.27. The summed E-state index contributed by atoms with van der Waals surface area (Å²) in [7, 11) is 0. The van der Waals surface area contributed by atoms with Crippen molar-refractivity contribution in [3.63, 3.8) is 0 Å². The maximum absolute atomic E-state index is 12.9. The van der Waals surface area contributed by atoms with Crippen LogP contribution >= 0.6 is 11.3 Å². The fraction of sp³-hybridized carbons (Fsp3) is 0.647. The molecule has 0 bridgehead atoms. The van der Waals surface area contributed by atoms with Crippen LogP contribution in [0.1, 0.15) is 55.3 Å². The van der Waals surface area contributed by atoms with Crippen molar-refractivity contribution in [3.05, 3.63) is 22.4 Å². The van der Waals surface area contributed by atoms with Gasteiger partial charge in [0.1, 0.15) is 0 Å². The van der Waals surface area contributed by atoms with E-state index in [4.69, 9.17) is 0 Å². The van der Waals surface area contributed by atoms with E-state index in [9.17, 15) is 9.59 Å². The molecular formula is C17H24N2O2S. The summed E-state index contributed by atoms with van der Waals surface area (Å²) < 4.78 is 0. The first-order valence-corrected chi connectivity index (χ1v) is 9.32. The molecule has 2 aliphatic rings. The van der Waals surface area contributed by atoms with Gasteiger partial charge in [-0.3, -0.25) is 9.59 Å². The molecule has 1 aliphatic heterocycles. The first-order valence-electron chi connectivity index (χ1n) is 8.38. The number of nitrogens with zero attached hydrogens (tertiary/aromatic N) is 1. The fourth-order valence-corrected chi connectivity index (χ4v) is 4.32. The van der Waals surface area contributed by atoms with Gasteiger partial charge in [-0.1, -0.05) is 19.3 Å². The number of carbonyl (C=O) groups excluding carboxylic acids is 2. The first kappa shape index (κ1) is 15.5. The number of rotatable bonds is 1. The van der Waals surface area contributed by atoms with Crippen LogP contribution in [0.4, 0.5) is 0 Å². The number of thiophene rings is 1. The van der Waals surface area contributed by atoms with Crippen molar-refractivity contribution in [1.29, 1.82) is 0 Å². The lowest BCUT2D eigenvalue weighted by molar-refractivity contribution is -0.126. The minimum atomic E-state index is -0.0271. The summed E-state index contributed by atoms with van der Waals surface area (Å²) in [5.74, 6) is 0.221. The summed E-state index contributed by atoms with van der Waals surface area (Å²) in [5.41, 5.74) is 0.769. The lowest BCUT2D eigenvalue weighted by Gasteiger charge is -2.32.